The van der Waals surface area contributed by atoms with Crippen molar-refractivity contribution in [2.45, 2.75) is 6.36 Å². The van der Waals surface area contributed by atoms with Crippen LogP contribution < -0.4 is 4.74 Å². The van der Waals surface area contributed by atoms with Crippen molar-refractivity contribution in [3.8, 4) is 16.9 Å². The van der Waals surface area contributed by atoms with Crippen LogP contribution in [-0.2, 0) is 0 Å². The Kier molecular flexibility index (Phi) is 4.06. The Hall–Kier alpha value is -1.20. The Morgan fingerprint density at radius 2 is 1.74 bits per heavy atom. The summed E-state index contributed by atoms with van der Waals surface area (Å²) in [7, 11) is 0. The van der Waals surface area contributed by atoms with Gasteiger partial charge in [0.2, 0.25) is 0 Å². The summed E-state index contributed by atoms with van der Waals surface area (Å²) in [5, 5.41) is 0.422. The fraction of sp³-hybridized carbons (Fsp3) is 0.0769. The Morgan fingerprint density at radius 3 is 2.37 bits per heavy atom. The molecule has 100 valence electrons. The number of hydrogen-bond acceptors (Lipinski definition) is 1. The van der Waals surface area contributed by atoms with Gasteiger partial charge in [0.25, 0.3) is 0 Å². The smallest absolute Gasteiger partial charge is 0.405 e. The van der Waals surface area contributed by atoms with E-state index in [1.807, 2.05) is 0 Å². The van der Waals surface area contributed by atoms with E-state index in [0.717, 1.165) is 0 Å². The molecule has 0 atom stereocenters. The summed E-state index contributed by atoms with van der Waals surface area (Å²) in [4.78, 5) is 0. The first-order valence-electron chi connectivity index (χ1n) is 5.16. The molecule has 0 N–H and O–H groups in total. The van der Waals surface area contributed by atoms with E-state index in [9.17, 15) is 13.2 Å². The first kappa shape index (κ1) is 14.2. The largest absolute Gasteiger partial charge is 0.573 e. The van der Waals surface area contributed by atoms with Gasteiger partial charge in [-0.2, -0.15) is 0 Å². The molecule has 0 unspecified atom stereocenters. The Balaban J connectivity index is 2.50. The first-order valence-corrected chi connectivity index (χ1v) is 6.33. The lowest BCUT2D eigenvalue weighted by Crippen LogP contribution is -2.17. The van der Waals surface area contributed by atoms with E-state index in [1.54, 1.807) is 30.3 Å². The van der Waals surface area contributed by atoms with Gasteiger partial charge in [0.15, 0.2) is 0 Å². The zero-order valence-electron chi connectivity index (χ0n) is 9.34. The summed E-state index contributed by atoms with van der Waals surface area (Å²) >= 11 is 9.14. The van der Waals surface area contributed by atoms with E-state index in [0.29, 0.717) is 20.6 Å². The maximum atomic E-state index is 12.3. The molecule has 0 spiro atoms. The highest BCUT2D eigenvalue weighted by Gasteiger charge is 2.32. The Morgan fingerprint density at radius 1 is 1.05 bits per heavy atom. The maximum absolute atomic E-state index is 12.3. The molecule has 0 aliphatic heterocycles. The topological polar surface area (TPSA) is 9.23 Å². The summed E-state index contributed by atoms with van der Waals surface area (Å²) in [5.41, 5.74) is 0.863. The quantitative estimate of drug-likeness (QED) is 0.677. The molecular weight excluding hydrogens is 344 g/mol. The molecule has 2 aromatic carbocycles. The molecule has 0 aromatic heterocycles. The van der Waals surface area contributed by atoms with E-state index in [-0.39, 0.29) is 5.75 Å². The van der Waals surface area contributed by atoms with Gasteiger partial charge >= 0.3 is 6.36 Å². The van der Waals surface area contributed by atoms with E-state index in [1.165, 1.54) is 12.1 Å². The van der Waals surface area contributed by atoms with Crippen molar-refractivity contribution in [1.82, 2.24) is 0 Å². The van der Waals surface area contributed by atoms with Crippen LogP contribution in [0.25, 0.3) is 11.1 Å². The predicted molar refractivity (Wildman–Crippen MR) is 71.3 cm³/mol. The van der Waals surface area contributed by atoms with Gasteiger partial charge in [-0.25, -0.2) is 0 Å². The van der Waals surface area contributed by atoms with Crippen LogP contribution in [0.4, 0.5) is 13.2 Å². The molecule has 6 heteroatoms. The van der Waals surface area contributed by atoms with Crippen molar-refractivity contribution < 1.29 is 17.9 Å². The van der Waals surface area contributed by atoms with Gasteiger partial charge in [-0.05, 0) is 29.8 Å². The molecule has 1 nitrogen and oxygen atoms in total. The summed E-state index contributed by atoms with van der Waals surface area (Å²) in [6.45, 7) is 0. The van der Waals surface area contributed by atoms with Crippen molar-refractivity contribution in [2.75, 3.05) is 0 Å². The second-order valence-electron chi connectivity index (χ2n) is 3.70. The summed E-state index contributed by atoms with van der Waals surface area (Å²) in [5.74, 6) is -0.260. The van der Waals surface area contributed by atoms with Gasteiger partial charge in [0.1, 0.15) is 5.75 Å². The Labute approximate surface area is 121 Å². The molecule has 2 rings (SSSR count). The third kappa shape index (κ3) is 3.88. The molecule has 0 bridgehead atoms. The lowest BCUT2D eigenvalue weighted by Gasteiger charge is -2.13. The van der Waals surface area contributed by atoms with Crippen LogP contribution in [0.5, 0.6) is 5.75 Å². The SMILES string of the molecule is FC(F)(F)Oc1ccccc1-c1cc(Cl)cc(Br)c1. The van der Waals surface area contributed by atoms with Crippen LogP contribution >= 0.6 is 27.5 Å². The molecule has 0 amide bonds. The van der Waals surface area contributed by atoms with Gasteiger partial charge in [-0.3, -0.25) is 0 Å². The average Bonchev–Trinajstić information content (AvgIpc) is 2.26. The molecule has 0 saturated heterocycles. The minimum absolute atomic E-state index is 0.260. The number of ether oxygens (including phenoxy) is 1. The van der Waals surface area contributed by atoms with Gasteiger partial charge in [0, 0.05) is 15.1 Å². The number of alkyl halides is 3. The third-order valence-electron chi connectivity index (χ3n) is 2.29. The number of hydrogen-bond donors (Lipinski definition) is 0. The van der Waals surface area contributed by atoms with Crippen LogP contribution in [-0.4, -0.2) is 6.36 Å². The van der Waals surface area contributed by atoms with Crippen LogP contribution in [0.1, 0.15) is 0 Å². The van der Waals surface area contributed by atoms with Gasteiger partial charge in [-0.15, -0.1) is 13.2 Å². The molecule has 2 aromatic rings. The molecule has 0 aliphatic carbocycles. The predicted octanol–water partition coefficient (Wildman–Crippen LogP) is 5.67. The minimum Gasteiger partial charge on any atom is -0.405 e. The average molecular weight is 352 g/mol. The number of benzene rings is 2. The monoisotopic (exact) mass is 350 g/mol. The van der Waals surface area contributed by atoms with Crippen molar-refractivity contribution in [1.29, 1.82) is 0 Å². The van der Waals surface area contributed by atoms with Crippen LogP contribution in [0.2, 0.25) is 5.02 Å². The first-order chi connectivity index (χ1) is 8.85. The van der Waals surface area contributed by atoms with E-state index in [2.05, 4.69) is 20.7 Å². The number of rotatable bonds is 2. The van der Waals surface area contributed by atoms with E-state index >= 15 is 0 Å². The Bertz CT molecular complexity index is 578. The van der Waals surface area contributed by atoms with Crippen LogP contribution in [0.3, 0.4) is 0 Å². The number of halogens is 5. The molecule has 19 heavy (non-hydrogen) atoms. The van der Waals surface area contributed by atoms with Crippen LogP contribution in [0.15, 0.2) is 46.9 Å². The molecule has 0 heterocycles. The van der Waals surface area contributed by atoms with Gasteiger partial charge in [0.05, 0.1) is 0 Å². The van der Waals surface area contributed by atoms with Crippen LogP contribution in [0, 0.1) is 0 Å². The molecule has 0 fully saturated rings. The van der Waals surface area contributed by atoms with Gasteiger partial charge < -0.3 is 4.74 Å². The number of para-hydroxylation sites is 1. The molecular formula is C13H7BrClF3O. The second-order valence-corrected chi connectivity index (χ2v) is 5.05. The van der Waals surface area contributed by atoms with Crippen molar-refractivity contribution >= 4 is 27.5 Å². The highest BCUT2D eigenvalue weighted by molar-refractivity contribution is 9.10. The highest BCUT2D eigenvalue weighted by Crippen LogP contribution is 2.36. The van der Waals surface area contributed by atoms with E-state index < -0.39 is 6.36 Å². The third-order valence-corrected chi connectivity index (χ3v) is 2.96. The molecule has 0 saturated carbocycles. The fourth-order valence-electron chi connectivity index (χ4n) is 1.63. The lowest BCUT2D eigenvalue weighted by atomic mass is 10.0. The zero-order valence-corrected chi connectivity index (χ0v) is 11.7. The normalized spacial score (nSPS) is 11.4. The summed E-state index contributed by atoms with van der Waals surface area (Å²) < 4.78 is 41.7. The second kappa shape index (κ2) is 5.43. The van der Waals surface area contributed by atoms with Crippen molar-refractivity contribution in [2.24, 2.45) is 0 Å². The van der Waals surface area contributed by atoms with E-state index in [4.69, 9.17) is 11.6 Å². The lowest BCUT2D eigenvalue weighted by molar-refractivity contribution is -0.274. The standard InChI is InChI=1S/C13H7BrClF3O/c14-9-5-8(6-10(15)7-9)11-3-1-2-4-12(11)19-13(16,17)18/h1-7H. The summed E-state index contributed by atoms with van der Waals surface area (Å²) in [6.07, 6.45) is -4.73. The maximum Gasteiger partial charge on any atom is 0.573 e. The summed E-state index contributed by atoms with van der Waals surface area (Å²) in [6, 6.07) is 10.8. The van der Waals surface area contributed by atoms with Gasteiger partial charge in [-0.1, -0.05) is 45.7 Å². The fourth-order valence-corrected chi connectivity index (χ4v) is 2.49. The van der Waals surface area contributed by atoms with Crippen molar-refractivity contribution in [3.05, 3.63) is 52.0 Å². The minimum atomic E-state index is -4.73. The highest BCUT2D eigenvalue weighted by atomic mass is 79.9. The molecule has 0 aliphatic rings. The zero-order chi connectivity index (χ0) is 14.0. The van der Waals surface area contributed by atoms with Crippen molar-refractivity contribution in [3.63, 3.8) is 0 Å². The molecule has 0 radical (unpaired) electrons.